The standard InChI is InChI=1S/C7H8INO/c1-4-3-6(8)9-5(2)7(4)10/h3,10H,1-2H3. The first-order chi connectivity index (χ1) is 4.61. The van der Waals surface area contributed by atoms with E-state index in [2.05, 4.69) is 27.6 Å². The Balaban J connectivity index is 3.31. The summed E-state index contributed by atoms with van der Waals surface area (Å²) in [6.07, 6.45) is 0. The fourth-order valence-electron chi connectivity index (χ4n) is 0.778. The van der Waals surface area contributed by atoms with Crippen LogP contribution in [0.1, 0.15) is 11.3 Å². The van der Waals surface area contributed by atoms with E-state index >= 15 is 0 Å². The summed E-state index contributed by atoms with van der Waals surface area (Å²) < 4.78 is 0.922. The van der Waals surface area contributed by atoms with Gasteiger partial charge in [0.2, 0.25) is 0 Å². The number of aromatic hydroxyl groups is 1. The highest BCUT2D eigenvalue weighted by Gasteiger charge is 2.01. The highest BCUT2D eigenvalue weighted by molar-refractivity contribution is 14.1. The van der Waals surface area contributed by atoms with E-state index in [1.807, 2.05) is 13.0 Å². The lowest BCUT2D eigenvalue weighted by Gasteiger charge is -2.01. The van der Waals surface area contributed by atoms with Gasteiger partial charge < -0.3 is 5.11 Å². The van der Waals surface area contributed by atoms with Crippen LogP contribution in [0.25, 0.3) is 0 Å². The molecule has 0 unspecified atom stereocenters. The molecule has 0 saturated carbocycles. The monoisotopic (exact) mass is 249 g/mol. The molecule has 0 aliphatic carbocycles. The predicted molar refractivity (Wildman–Crippen MR) is 48.1 cm³/mol. The van der Waals surface area contributed by atoms with Crippen LogP contribution in [0.3, 0.4) is 0 Å². The maximum Gasteiger partial charge on any atom is 0.139 e. The molecule has 0 bridgehead atoms. The van der Waals surface area contributed by atoms with Gasteiger partial charge >= 0.3 is 0 Å². The molecule has 1 aromatic heterocycles. The highest BCUT2D eigenvalue weighted by atomic mass is 127. The quantitative estimate of drug-likeness (QED) is 0.563. The Labute approximate surface area is 73.4 Å². The summed E-state index contributed by atoms with van der Waals surface area (Å²) in [5.41, 5.74) is 1.58. The first-order valence-electron chi connectivity index (χ1n) is 2.94. The van der Waals surface area contributed by atoms with Crippen LogP contribution in [0.4, 0.5) is 0 Å². The lowest BCUT2D eigenvalue weighted by atomic mass is 10.2. The number of pyridine rings is 1. The molecule has 1 N–H and O–H groups in total. The van der Waals surface area contributed by atoms with Crippen LogP contribution < -0.4 is 0 Å². The molecule has 0 radical (unpaired) electrons. The zero-order valence-electron chi connectivity index (χ0n) is 5.85. The Hall–Kier alpha value is -0.320. The average Bonchev–Trinajstić information content (AvgIpc) is 1.82. The molecule has 3 heteroatoms. The van der Waals surface area contributed by atoms with Crippen molar-refractivity contribution < 1.29 is 5.11 Å². The fraction of sp³-hybridized carbons (Fsp3) is 0.286. The van der Waals surface area contributed by atoms with Crippen LogP contribution >= 0.6 is 22.6 Å². The zero-order chi connectivity index (χ0) is 7.72. The smallest absolute Gasteiger partial charge is 0.139 e. The molecule has 1 aromatic rings. The van der Waals surface area contributed by atoms with Crippen molar-refractivity contribution in [3.63, 3.8) is 0 Å². The summed E-state index contributed by atoms with van der Waals surface area (Å²) >= 11 is 2.13. The normalized spacial score (nSPS) is 9.90. The molecule has 0 saturated heterocycles. The minimum absolute atomic E-state index is 0.306. The average molecular weight is 249 g/mol. The maximum absolute atomic E-state index is 9.26. The lowest BCUT2D eigenvalue weighted by molar-refractivity contribution is 0.463. The predicted octanol–water partition coefficient (Wildman–Crippen LogP) is 2.01. The van der Waals surface area contributed by atoms with Crippen LogP contribution in [0, 0.1) is 17.5 Å². The van der Waals surface area contributed by atoms with E-state index in [1.165, 1.54) is 0 Å². The highest BCUT2D eigenvalue weighted by Crippen LogP contribution is 2.20. The third-order valence-electron chi connectivity index (χ3n) is 1.33. The number of halogens is 1. The molecular weight excluding hydrogens is 241 g/mol. The van der Waals surface area contributed by atoms with Crippen molar-refractivity contribution in [3.8, 4) is 5.75 Å². The van der Waals surface area contributed by atoms with Crippen molar-refractivity contribution in [2.75, 3.05) is 0 Å². The summed E-state index contributed by atoms with van der Waals surface area (Å²) in [5, 5.41) is 9.26. The van der Waals surface area contributed by atoms with Crippen LogP contribution in [-0.2, 0) is 0 Å². The molecule has 1 heterocycles. The van der Waals surface area contributed by atoms with Crippen molar-refractivity contribution in [1.82, 2.24) is 4.98 Å². The van der Waals surface area contributed by atoms with Gasteiger partial charge in [-0.3, -0.25) is 0 Å². The SMILES string of the molecule is Cc1cc(I)nc(C)c1O. The van der Waals surface area contributed by atoms with E-state index in [0.29, 0.717) is 11.4 Å². The van der Waals surface area contributed by atoms with Gasteiger partial charge in [-0.05, 0) is 48.1 Å². The molecule has 1 rings (SSSR count). The molecule has 0 fully saturated rings. The van der Waals surface area contributed by atoms with E-state index in [1.54, 1.807) is 6.92 Å². The van der Waals surface area contributed by atoms with Gasteiger partial charge in [-0.2, -0.15) is 0 Å². The second-order valence-corrected chi connectivity index (χ2v) is 3.30. The van der Waals surface area contributed by atoms with Crippen LogP contribution in [0.15, 0.2) is 6.07 Å². The maximum atomic E-state index is 9.26. The van der Waals surface area contributed by atoms with Crippen molar-refractivity contribution in [3.05, 3.63) is 21.0 Å². The molecule has 0 aliphatic rings. The van der Waals surface area contributed by atoms with E-state index in [9.17, 15) is 5.11 Å². The second kappa shape index (κ2) is 2.74. The number of rotatable bonds is 0. The van der Waals surface area contributed by atoms with E-state index in [0.717, 1.165) is 9.26 Å². The third-order valence-corrected chi connectivity index (χ3v) is 1.88. The van der Waals surface area contributed by atoms with Crippen molar-refractivity contribution >= 4 is 22.6 Å². The third kappa shape index (κ3) is 1.39. The fourth-order valence-corrected chi connectivity index (χ4v) is 1.61. The molecule has 0 aliphatic heterocycles. The first kappa shape index (κ1) is 7.78. The molecule has 0 aromatic carbocycles. The minimum atomic E-state index is 0.306. The molecule has 10 heavy (non-hydrogen) atoms. The van der Waals surface area contributed by atoms with Gasteiger partial charge in [-0.25, -0.2) is 4.98 Å². The van der Waals surface area contributed by atoms with Gasteiger partial charge in [0, 0.05) is 0 Å². The van der Waals surface area contributed by atoms with Crippen molar-refractivity contribution in [2.45, 2.75) is 13.8 Å². The van der Waals surface area contributed by atoms with E-state index in [-0.39, 0.29) is 0 Å². The Morgan fingerprint density at radius 1 is 1.50 bits per heavy atom. The molecule has 0 amide bonds. The zero-order valence-corrected chi connectivity index (χ0v) is 8.01. The summed E-state index contributed by atoms with van der Waals surface area (Å²) in [4.78, 5) is 4.07. The van der Waals surface area contributed by atoms with Gasteiger partial charge in [0.05, 0.1) is 5.69 Å². The Morgan fingerprint density at radius 2 is 2.10 bits per heavy atom. The van der Waals surface area contributed by atoms with Crippen molar-refractivity contribution in [2.24, 2.45) is 0 Å². The summed E-state index contributed by atoms with van der Waals surface area (Å²) in [6, 6.07) is 1.85. The molecule has 2 nitrogen and oxygen atoms in total. The van der Waals surface area contributed by atoms with Gasteiger partial charge in [0.15, 0.2) is 0 Å². The minimum Gasteiger partial charge on any atom is -0.506 e. The number of aromatic nitrogens is 1. The van der Waals surface area contributed by atoms with E-state index in [4.69, 9.17) is 0 Å². The largest absolute Gasteiger partial charge is 0.506 e. The van der Waals surface area contributed by atoms with Gasteiger partial charge in [-0.1, -0.05) is 0 Å². The molecule has 0 spiro atoms. The topological polar surface area (TPSA) is 33.1 Å². The first-order valence-corrected chi connectivity index (χ1v) is 4.02. The number of nitrogens with zero attached hydrogens (tertiary/aromatic N) is 1. The lowest BCUT2D eigenvalue weighted by Crippen LogP contribution is -1.88. The Bertz CT molecular complexity index is 237. The van der Waals surface area contributed by atoms with E-state index < -0.39 is 0 Å². The number of aryl methyl sites for hydroxylation is 2. The van der Waals surface area contributed by atoms with Crippen LogP contribution in [0.2, 0.25) is 0 Å². The van der Waals surface area contributed by atoms with Crippen LogP contribution in [-0.4, -0.2) is 10.1 Å². The second-order valence-electron chi connectivity index (χ2n) is 2.20. The van der Waals surface area contributed by atoms with Gasteiger partial charge in [0.1, 0.15) is 9.45 Å². The Kier molecular flexibility index (Phi) is 2.13. The van der Waals surface area contributed by atoms with Crippen molar-refractivity contribution in [1.29, 1.82) is 0 Å². The molecule has 0 atom stereocenters. The van der Waals surface area contributed by atoms with Gasteiger partial charge in [-0.15, -0.1) is 0 Å². The number of hydrogen-bond acceptors (Lipinski definition) is 2. The molecule has 54 valence electrons. The van der Waals surface area contributed by atoms with Crippen LogP contribution in [0.5, 0.6) is 5.75 Å². The Morgan fingerprint density at radius 3 is 2.60 bits per heavy atom. The summed E-state index contributed by atoms with van der Waals surface area (Å²) in [5.74, 6) is 0.306. The van der Waals surface area contributed by atoms with Gasteiger partial charge in [0.25, 0.3) is 0 Å². The number of hydrogen-bond donors (Lipinski definition) is 1. The summed E-state index contributed by atoms with van der Waals surface area (Å²) in [6.45, 7) is 3.66. The molecular formula is C7H8INO. The summed E-state index contributed by atoms with van der Waals surface area (Å²) in [7, 11) is 0.